The molecule has 31 heavy (non-hydrogen) atoms. The fraction of sp³-hybridized carbons (Fsp3) is 0.143. The number of carbonyl (C=O) groups excluding carboxylic acids is 4. The Bertz CT molecular complexity index is 1100. The van der Waals surface area contributed by atoms with Gasteiger partial charge in [-0.2, -0.15) is 0 Å². The number of nitrogens with zero attached hydrogens (tertiary/aromatic N) is 1. The van der Waals surface area contributed by atoms with Gasteiger partial charge in [0.05, 0.1) is 5.02 Å². The van der Waals surface area contributed by atoms with Crippen molar-refractivity contribution in [2.24, 2.45) is 5.73 Å². The number of halogens is 1. The number of hydrogen-bond donors (Lipinski definition) is 3. The maximum Gasteiger partial charge on any atom is 0.329 e. The van der Waals surface area contributed by atoms with E-state index in [1.165, 1.54) is 18.2 Å². The third kappa shape index (κ3) is 5.61. The molecule has 0 spiro atoms. The van der Waals surface area contributed by atoms with E-state index in [1.807, 2.05) is 13.0 Å². The van der Waals surface area contributed by atoms with E-state index in [9.17, 15) is 19.2 Å². The van der Waals surface area contributed by atoms with Crippen LogP contribution < -0.4 is 21.1 Å². The first kappa shape index (κ1) is 21.8. The Morgan fingerprint density at radius 2 is 2.00 bits per heavy atom. The van der Waals surface area contributed by atoms with Crippen LogP contribution in [-0.4, -0.2) is 41.8 Å². The summed E-state index contributed by atoms with van der Waals surface area (Å²) >= 11 is 6.11. The Morgan fingerprint density at radius 1 is 1.23 bits per heavy atom. The number of benzene rings is 2. The lowest BCUT2D eigenvalue weighted by atomic mass is 10.2. The summed E-state index contributed by atoms with van der Waals surface area (Å²) in [6.07, 6.45) is 1.42. The minimum atomic E-state index is -0.705. The first-order valence-electron chi connectivity index (χ1n) is 9.14. The largest absolute Gasteiger partial charge is 0.482 e. The van der Waals surface area contributed by atoms with Crippen LogP contribution in [-0.2, 0) is 14.4 Å². The summed E-state index contributed by atoms with van der Waals surface area (Å²) in [7, 11) is 0. The molecule has 0 radical (unpaired) electrons. The smallest absolute Gasteiger partial charge is 0.329 e. The molecule has 5 amide bonds. The molecule has 1 aliphatic rings. The lowest BCUT2D eigenvalue weighted by molar-refractivity contribution is -0.127. The number of imide groups is 1. The molecule has 0 unspecified atom stereocenters. The van der Waals surface area contributed by atoms with Crippen LogP contribution >= 0.6 is 11.6 Å². The topological polar surface area (TPSA) is 131 Å². The molecule has 0 saturated carbocycles. The second-order valence-corrected chi connectivity index (χ2v) is 7.15. The second-order valence-electron chi connectivity index (χ2n) is 6.74. The normalized spacial score (nSPS) is 14.5. The summed E-state index contributed by atoms with van der Waals surface area (Å²) in [6.45, 7) is 1.12. The summed E-state index contributed by atoms with van der Waals surface area (Å²) in [5.74, 6) is -1.55. The van der Waals surface area contributed by atoms with Crippen LogP contribution in [0.3, 0.4) is 0 Å². The zero-order valence-corrected chi connectivity index (χ0v) is 17.2. The highest BCUT2D eigenvalue weighted by molar-refractivity contribution is 6.32. The number of carbonyl (C=O) groups is 4. The molecule has 2 aromatic rings. The predicted octanol–water partition coefficient (Wildman–Crippen LogP) is 2.04. The molecule has 10 heteroatoms. The Morgan fingerprint density at radius 3 is 2.68 bits per heavy atom. The maximum atomic E-state index is 12.6. The summed E-state index contributed by atoms with van der Waals surface area (Å²) in [6, 6.07) is 11.0. The van der Waals surface area contributed by atoms with Crippen molar-refractivity contribution in [3.63, 3.8) is 0 Å². The van der Waals surface area contributed by atoms with Crippen LogP contribution in [0.1, 0.15) is 11.1 Å². The summed E-state index contributed by atoms with van der Waals surface area (Å²) in [5, 5.41) is 5.29. The molecule has 9 nitrogen and oxygen atoms in total. The zero-order valence-electron chi connectivity index (χ0n) is 16.5. The molecule has 0 bridgehead atoms. The second kappa shape index (κ2) is 9.31. The SMILES string of the molecule is Cc1cccc(NC(=O)CN2C(=O)NC(=Cc3ccc(OCC(N)=O)c(Cl)c3)C2=O)c1. The van der Waals surface area contributed by atoms with Crippen molar-refractivity contribution in [3.05, 3.63) is 64.3 Å². The van der Waals surface area contributed by atoms with E-state index in [4.69, 9.17) is 22.1 Å². The van der Waals surface area contributed by atoms with Crippen LogP contribution in [0.15, 0.2) is 48.2 Å². The number of anilines is 1. The Hall–Kier alpha value is -3.85. The van der Waals surface area contributed by atoms with Gasteiger partial charge in [0.1, 0.15) is 18.0 Å². The number of primary amides is 1. The maximum absolute atomic E-state index is 12.6. The van der Waals surface area contributed by atoms with Gasteiger partial charge in [0.15, 0.2) is 6.61 Å². The Labute approximate surface area is 182 Å². The first-order valence-corrected chi connectivity index (χ1v) is 9.52. The van der Waals surface area contributed by atoms with E-state index in [1.54, 1.807) is 24.3 Å². The van der Waals surface area contributed by atoms with Gasteiger partial charge in [0.2, 0.25) is 5.91 Å². The van der Waals surface area contributed by atoms with Crippen LogP contribution in [0.4, 0.5) is 10.5 Å². The van der Waals surface area contributed by atoms with E-state index in [0.717, 1.165) is 10.5 Å². The molecule has 0 aliphatic carbocycles. The molecular weight excluding hydrogens is 424 g/mol. The highest BCUT2D eigenvalue weighted by atomic mass is 35.5. The molecular formula is C21H19ClN4O5. The number of urea groups is 1. The van der Waals surface area contributed by atoms with Gasteiger partial charge in [-0.3, -0.25) is 14.4 Å². The van der Waals surface area contributed by atoms with Crippen molar-refractivity contribution in [2.75, 3.05) is 18.5 Å². The van der Waals surface area contributed by atoms with Gasteiger partial charge in [-0.25, -0.2) is 9.69 Å². The van der Waals surface area contributed by atoms with E-state index < -0.39 is 30.3 Å². The van der Waals surface area contributed by atoms with Crippen molar-refractivity contribution in [2.45, 2.75) is 6.92 Å². The molecule has 0 aromatic heterocycles. The number of nitrogens with two attached hydrogens (primary N) is 1. The minimum absolute atomic E-state index is 0.00442. The van der Waals surface area contributed by atoms with Gasteiger partial charge in [-0.05, 0) is 48.4 Å². The third-order valence-electron chi connectivity index (χ3n) is 4.20. The number of aryl methyl sites for hydroxylation is 1. The molecule has 1 heterocycles. The molecule has 0 atom stereocenters. The number of rotatable bonds is 7. The van der Waals surface area contributed by atoms with Crippen molar-refractivity contribution >= 4 is 47.1 Å². The quantitative estimate of drug-likeness (QED) is 0.446. The fourth-order valence-electron chi connectivity index (χ4n) is 2.82. The first-order chi connectivity index (χ1) is 14.7. The van der Waals surface area contributed by atoms with Gasteiger partial charge in [0, 0.05) is 5.69 Å². The van der Waals surface area contributed by atoms with Crippen LogP contribution in [0.5, 0.6) is 5.75 Å². The minimum Gasteiger partial charge on any atom is -0.482 e. The van der Waals surface area contributed by atoms with E-state index >= 15 is 0 Å². The number of hydrogen-bond acceptors (Lipinski definition) is 5. The highest BCUT2D eigenvalue weighted by Crippen LogP contribution is 2.27. The van der Waals surface area contributed by atoms with Crippen LogP contribution in [0.2, 0.25) is 5.02 Å². The highest BCUT2D eigenvalue weighted by Gasteiger charge is 2.34. The Kier molecular flexibility index (Phi) is 6.56. The lowest BCUT2D eigenvalue weighted by Crippen LogP contribution is -2.38. The van der Waals surface area contributed by atoms with Gasteiger partial charge >= 0.3 is 6.03 Å². The molecule has 1 aliphatic heterocycles. The molecule has 160 valence electrons. The van der Waals surface area contributed by atoms with E-state index in [2.05, 4.69) is 10.6 Å². The number of amides is 5. The molecule has 4 N–H and O–H groups in total. The van der Waals surface area contributed by atoms with Crippen LogP contribution in [0.25, 0.3) is 6.08 Å². The fourth-order valence-corrected chi connectivity index (χ4v) is 3.07. The van der Waals surface area contributed by atoms with E-state index in [-0.39, 0.29) is 23.1 Å². The van der Waals surface area contributed by atoms with Gasteiger partial charge in [-0.1, -0.05) is 29.8 Å². The molecule has 3 rings (SSSR count). The predicted molar refractivity (Wildman–Crippen MR) is 114 cm³/mol. The monoisotopic (exact) mass is 442 g/mol. The third-order valence-corrected chi connectivity index (χ3v) is 4.50. The molecule has 1 fully saturated rings. The summed E-state index contributed by atoms with van der Waals surface area (Å²) < 4.78 is 5.16. The van der Waals surface area contributed by atoms with Crippen LogP contribution in [0, 0.1) is 6.92 Å². The van der Waals surface area contributed by atoms with Gasteiger partial charge < -0.3 is 21.1 Å². The standard InChI is InChI=1S/C21H19ClN4O5/c1-12-3-2-4-14(7-12)24-19(28)10-26-20(29)16(25-21(26)30)9-13-5-6-17(15(22)8-13)31-11-18(23)27/h2-9H,10-11H2,1H3,(H2,23,27)(H,24,28)(H,25,30). The average Bonchev–Trinajstić information content (AvgIpc) is 2.94. The molecule has 1 saturated heterocycles. The van der Waals surface area contributed by atoms with Crippen molar-refractivity contribution < 1.29 is 23.9 Å². The van der Waals surface area contributed by atoms with Crippen molar-refractivity contribution in [1.29, 1.82) is 0 Å². The summed E-state index contributed by atoms with van der Waals surface area (Å²) in [5.41, 5.74) is 7.06. The average molecular weight is 443 g/mol. The van der Waals surface area contributed by atoms with Crippen molar-refractivity contribution in [3.8, 4) is 5.75 Å². The number of nitrogens with one attached hydrogen (secondary N) is 2. The zero-order chi connectivity index (χ0) is 22.5. The Balaban J connectivity index is 1.68. The van der Waals surface area contributed by atoms with Crippen molar-refractivity contribution in [1.82, 2.24) is 10.2 Å². The van der Waals surface area contributed by atoms with E-state index in [0.29, 0.717) is 11.3 Å². The van der Waals surface area contributed by atoms with Gasteiger partial charge in [0.25, 0.3) is 11.8 Å². The molecule has 2 aromatic carbocycles. The lowest BCUT2D eigenvalue weighted by Gasteiger charge is -2.12. The van der Waals surface area contributed by atoms with Gasteiger partial charge in [-0.15, -0.1) is 0 Å². The summed E-state index contributed by atoms with van der Waals surface area (Å²) in [4.78, 5) is 48.6. The number of ether oxygens (including phenoxy) is 1.